The number of aromatic amines is 1. The molecule has 2 aliphatic heterocycles. The number of fused-ring (bicyclic) bond motifs is 9. The molecule has 4 aromatic rings. The predicted molar refractivity (Wildman–Crippen MR) is 181 cm³/mol. The summed E-state index contributed by atoms with van der Waals surface area (Å²) in [7, 11) is 1.57. The van der Waals surface area contributed by atoms with Crippen molar-refractivity contribution >= 4 is 75.4 Å². The third-order valence-electron chi connectivity index (χ3n) is 9.85. The molecule has 2 N–H and O–H groups in total. The van der Waals surface area contributed by atoms with Gasteiger partial charge in [-0.15, -0.1) is 11.8 Å². The second-order valence-electron chi connectivity index (χ2n) is 12.2. The molecule has 4 aliphatic rings. The number of thioether (sulfide) groups is 1. The highest BCUT2D eigenvalue weighted by molar-refractivity contribution is 8.00. The van der Waals surface area contributed by atoms with Crippen LogP contribution in [0, 0.1) is 29.6 Å². The zero-order valence-electron chi connectivity index (χ0n) is 24.8. The van der Waals surface area contributed by atoms with E-state index in [1.165, 1.54) is 4.90 Å². The number of anilines is 2. The van der Waals surface area contributed by atoms with Crippen LogP contribution in [0.25, 0.3) is 0 Å². The monoisotopic (exact) mass is 707 g/mol. The molecule has 3 heterocycles. The predicted octanol–water partition coefficient (Wildman–Crippen LogP) is 6.45. The Labute approximate surface area is 287 Å². The molecular formula is C34H27Cl2N3O6S2. The number of carbonyl (C=O) groups excluding carboxylic acids is 3. The van der Waals surface area contributed by atoms with E-state index < -0.39 is 11.8 Å². The number of nitrogens with zero attached hydrogens (tertiary/aromatic N) is 1. The van der Waals surface area contributed by atoms with Crippen LogP contribution in [-0.4, -0.2) is 41.7 Å². The Kier molecular flexibility index (Phi) is 7.63. The highest BCUT2D eigenvalue weighted by atomic mass is 35.5. The van der Waals surface area contributed by atoms with Crippen LogP contribution >= 0.6 is 46.3 Å². The molecule has 3 aromatic carbocycles. The molecule has 0 unspecified atom stereocenters. The molecule has 47 heavy (non-hydrogen) atoms. The number of aromatic nitrogens is 1. The van der Waals surface area contributed by atoms with Gasteiger partial charge in [0.15, 0.2) is 6.61 Å². The fourth-order valence-corrected chi connectivity index (χ4v) is 11.3. The van der Waals surface area contributed by atoms with Crippen LogP contribution in [0.1, 0.15) is 22.8 Å². The standard InChI is InChI=1S/C34H27Cl2N3O6S2/c1-44-19-9-5-17(6-10-19)37-24(40)14-45-23-11-4-16(36)12-20(23)25-26-21-13-22(29(26)46-31-30(25)47-34(43)38-31)28-27(21)32(41)39(33(28)42)18-7-2-15(35)3-8-18/h2-12,21-22,25-29H,13-14H2,1H3,(H,37,40)(H,38,43)/t21-,22-,25+,26-,27+,28+,29-/m1/s1. The maximum atomic E-state index is 14.0. The molecule has 2 bridgehead atoms. The summed E-state index contributed by atoms with van der Waals surface area (Å²) in [5, 5.41) is 4.59. The first-order valence-corrected chi connectivity index (χ1v) is 17.6. The second kappa shape index (κ2) is 11.7. The summed E-state index contributed by atoms with van der Waals surface area (Å²) in [5.74, 6) is -1.02. The number of benzene rings is 3. The molecule has 3 amide bonds. The van der Waals surface area contributed by atoms with Crippen molar-refractivity contribution in [3.05, 3.63) is 96.9 Å². The lowest BCUT2D eigenvalue weighted by molar-refractivity contribution is -0.123. The third kappa shape index (κ3) is 5.06. The summed E-state index contributed by atoms with van der Waals surface area (Å²) in [6, 6.07) is 19.0. The molecule has 1 saturated heterocycles. The largest absolute Gasteiger partial charge is 0.497 e. The molecule has 8 rings (SSSR count). The lowest BCUT2D eigenvalue weighted by atomic mass is 9.68. The molecule has 0 spiro atoms. The summed E-state index contributed by atoms with van der Waals surface area (Å²) in [5.41, 5.74) is 1.87. The molecule has 9 nitrogen and oxygen atoms in total. The zero-order valence-corrected chi connectivity index (χ0v) is 27.9. The number of carbonyl (C=O) groups is 3. The molecule has 3 fully saturated rings. The van der Waals surface area contributed by atoms with Gasteiger partial charge in [-0.1, -0.05) is 34.5 Å². The fraction of sp³-hybridized carbons (Fsp3) is 0.294. The van der Waals surface area contributed by atoms with Gasteiger partial charge in [0.25, 0.3) is 5.91 Å². The maximum absolute atomic E-state index is 14.0. The van der Waals surface area contributed by atoms with Crippen LogP contribution in [0.3, 0.4) is 0 Å². The van der Waals surface area contributed by atoms with Crippen LogP contribution in [0.4, 0.5) is 11.4 Å². The van der Waals surface area contributed by atoms with Crippen molar-refractivity contribution in [2.75, 3.05) is 23.9 Å². The van der Waals surface area contributed by atoms with Crippen LogP contribution < -0.4 is 24.6 Å². The highest BCUT2D eigenvalue weighted by Crippen LogP contribution is 2.69. The van der Waals surface area contributed by atoms with Gasteiger partial charge in [-0.2, -0.15) is 0 Å². The van der Waals surface area contributed by atoms with Gasteiger partial charge in [0, 0.05) is 37.3 Å². The van der Waals surface area contributed by atoms with E-state index in [1.54, 1.807) is 79.5 Å². The van der Waals surface area contributed by atoms with Crippen LogP contribution in [0.15, 0.2) is 76.6 Å². The maximum Gasteiger partial charge on any atom is 0.305 e. The lowest BCUT2D eigenvalue weighted by Crippen LogP contribution is -2.42. The minimum Gasteiger partial charge on any atom is -0.497 e. The summed E-state index contributed by atoms with van der Waals surface area (Å²) < 4.78 is 11.3. The second-order valence-corrected chi connectivity index (χ2v) is 15.3. The number of H-pyrrole nitrogens is 1. The van der Waals surface area contributed by atoms with Gasteiger partial charge in [0.05, 0.1) is 29.7 Å². The van der Waals surface area contributed by atoms with E-state index in [1.807, 2.05) is 6.07 Å². The number of hydrogen-bond acceptors (Lipinski definition) is 8. The number of ether oxygens (including phenoxy) is 2. The van der Waals surface area contributed by atoms with Crippen molar-refractivity contribution in [3.8, 4) is 11.5 Å². The topological polar surface area (TPSA) is 118 Å². The number of amides is 3. The van der Waals surface area contributed by atoms with Gasteiger partial charge >= 0.3 is 4.87 Å². The van der Waals surface area contributed by atoms with Crippen molar-refractivity contribution in [1.29, 1.82) is 0 Å². The number of rotatable bonds is 7. The first-order valence-electron chi connectivity index (χ1n) is 15.1. The van der Waals surface area contributed by atoms with Crippen LogP contribution in [0.2, 0.25) is 10.0 Å². The Balaban J connectivity index is 1.12. The van der Waals surface area contributed by atoms with Crippen molar-refractivity contribution in [1.82, 2.24) is 4.98 Å². The minimum absolute atomic E-state index is 0.0175. The molecule has 240 valence electrons. The van der Waals surface area contributed by atoms with E-state index in [4.69, 9.17) is 32.7 Å². The Morgan fingerprint density at radius 1 is 0.957 bits per heavy atom. The first-order chi connectivity index (χ1) is 22.7. The molecular weight excluding hydrogens is 681 g/mol. The highest BCUT2D eigenvalue weighted by Gasteiger charge is 2.69. The Morgan fingerprint density at radius 3 is 2.38 bits per heavy atom. The van der Waals surface area contributed by atoms with E-state index in [0.717, 1.165) is 33.2 Å². The number of halogens is 2. The minimum atomic E-state index is -0.469. The fourth-order valence-electron chi connectivity index (χ4n) is 8.12. The quantitative estimate of drug-likeness (QED) is 0.212. The molecule has 2 aliphatic carbocycles. The molecule has 2 saturated carbocycles. The van der Waals surface area contributed by atoms with Gasteiger partial charge in [-0.25, -0.2) is 0 Å². The van der Waals surface area contributed by atoms with Crippen LogP contribution in [0.5, 0.6) is 11.5 Å². The first kappa shape index (κ1) is 30.6. The SMILES string of the molecule is COc1ccc(NC(=O)COc2ccc(Cl)cc2[C@@H]2c3sc(=O)[nH]c3S[C@@H]3[C@@H]4C[C@@H]([C@@H]5C(=O)N(c6ccc(Cl)cc6)C(=O)[C@@H]45)[C@H]23)cc1. The molecule has 0 radical (unpaired) electrons. The Hall–Kier alpha value is -3.77. The van der Waals surface area contributed by atoms with E-state index >= 15 is 0 Å². The summed E-state index contributed by atoms with van der Waals surface area (Å²) >= 11 is 15.4. The summed E-state index contributed by atoms with van der Waals surface area (Å²) in [6.45, 7) is -0.258. The number of imide groups is 1. The van der Waals surface area contributed by atoms with Gasteiger partial charge in [0.1, 0.15) is 11.5 Å². The van der Waals surface area contributed by atoms with Gasteiger partial charge in [-0.3, -0.25) is 24.1 Å². The van der Waals surface area contributed by atoms with Crippen molar-refractivity contribution in [2.45, 2.75) is 22.6 Å². The summed E-state index contributed by atoms with van der Waals surface area (Å²) in [6.07, 6.45) is 0.736. The number of methoxy groups -OCH3 is 1. The lowest BCUT2D eigenvalue weighted by Gasteiger charge is -2.43. The van der Waals surface area contributed by atoms with Crippen LogP contribution in [-0.2, 0) is 14.4 Å². The zero-order chi connectivity index (χ0) is 32.6. The normalized spacial score (nSPS) is 27.0. The van der Waals surface area contributed by atoms with E-state index in [-0.39, 0.29) is 58.1 Å². The van der Waals surface area contributed by atoms with Crippen molar-refractivity contribution < 1.29 is 23.9 Å². The third-order valence-corrected chi connectivity index (χ3v) is 12.9. The van der Waals surface area contributed by atoms with E-state index in [9.17, 15) is 19.2 Å². The van der Waals surface area contributed by atoms with Gasteiger partial charge in [-0.05, 0) is 90.9 Å². The molecule has 13 heteroatoms. The summed E-state index contributed by atoms with van der Waals surface area (Å²) in [4.78, 5) is 58.6. The van der Waals surface area contributed by atoms with Crippen molar-refractivity contribution in [2.24, 2.45) is 29.6 Å². The van der Waals surface area contributed by atoms with E-state index in [2.05, 4.69) is 10.3 Å². The number of hydrogen-bond donors (Lipinski definition) is 2. The molecule has 7 atom stereocenters. The smallest absolute Gasteiger partial charge is 0.305 e. The van der Waals surface area contributed by atoms with Gasteiger partial charge in [0.2, 0.25) is 11.8 Å². The average Bonchev–Trinajstić information content (AvgIpc) is 3.80. The molecule has 1 aromatic heterocycles. The Bertz CT molecular complexity index is 1980. The van der Waals surface area contributed by atoms with Gasteiger partial charge < -0.3 is 19.8 Å². The average molecular weight is 709 g/mol. The van der Waals surface area contributed by atoms with E-state index in [0.29, 0.717) is 32.9 Å². The van der Waals surface area contributed by atoms with Crippen molar-refractivity contribution in [3.63, 3.8) is 0 Å². The Morgan fingerprint density at radius 2 is 1.66 bits per heavy atom. The number of thiazole rings is 1. The number of nitrogens with one attached hydrogen (secondary N) is 2.